The van der Waals surface area contributed by atoms with Crippen molar-refractivity contribution in [2.45, 2.75) is 18.6 Å². The van der Waals surface area contributed by atoms with Gasteiger partial charge in [-0.25, -0.2) is 0 Å². The van der Waals surface area contributed by atoms with Crippen LogP contribution in [-0.4, -0.2) is 17.9 Å². The quantitative estimate of drug-likeness (QED) is 0.627. The van der Waals surface area contributed by atoms with Crippen LogP contribution in [0.3, 0.4) is 0 Å². The molecule has 0 aliphatic rings. The zero-order valence-electron chi connectivity index (χ0n) is 12.5. The second-order valence-corrected chi connectivity index (χ2v) is 5.63. The summed E-state index contributed by atoms with van der Waals surface area (Å²) in [6.07, 6.45) is 0.579. The minimum absolute atomic E-state index is 0.147. The Bertz CT molecular complexity index is 721. The summed E-state index contributed by atoms with van der Waals surface area (Å²) in [4.78, 5) is 23.1. The van der Waals surface area contributed by atoms with Crippen molar-refractivity contribution >= 4 is 23.8 Å². The molecule has 1 amide bonds. The lowest BCUT2D eigenvalue weighted by atomic mass is 9.89. The number of ether oxygens (including phenoxy) is 1. The average molecular weight is 333 g/mol. The summed E-state index contributed by atoms with van der Waals surface area (Å²) in [7, 11) is 0. The van der Waals surface area contributed by atoms with Gasteiger partial charge in [-0.3, -0.25) is 15.3 Å². The van der Waals surface area contributed by atoms with Crippen LogP contribution in [0.2, 0.25) is 5.02 Å². The van der Waals surface area contributed by atoms with E-state index in [0.29, 0.717) is 11.3 Å². The molecule has 23 heavy (non-hydrogen) atoms. The molecule has 2 aromatic carbocycles. The monoisotopic (exact) mass is 332 g/mol. The van der Waals surface area contributed by atoms with Crippen LogP contribution in [-0.2, 0) is 4.79 Å². The second-order valence-electron chi connectivity index (χ2n) is 5.19. The molecule has 4 N–H and O–H groups in total. The van der Waals surface area contributed by atoms with Gasteiger partial charge in [0, 0.05) is 10.9 Å². The van der Waals surface area contributed by atoms with Gasteiger partial charge in [-0.05, 0) is 23.8 Å². The number of carbonyl (C=O) groups excluding carboxylic acids is 2. The number of benzene rings is 2. The van der Waals surface area contributed by atoms with Crippen molar-refractivity contribution in [3.8, 4) is 5.75 Å². The van der Waals surface area contributed by atoms with Crippen LogP contribution in [0.5, 0.6) is 5.75 Å². The SMILES string of the molecule is CC(c1ccccc1)C(N)(Oc1ccc(Cl)cc1C=O)C(N)=O. The number of aldehydes is 1. The van der Waals surface area contributed by atoms with Crippen LogP contribution >= 0.6 is 11.6 Å². The molecule has 0 radical (unpaired) electrons. The molecule has 2 aromatic rings. The largest absolute Gasteiger partial charge is 0.462 e. The molecular formula is C17H17ClN2O3. The van der Waals surface area contributed by atoms with Gasteiger partial charge in [0.05, 0.1) is 5.56 Å². The minimum Gasteiger partial charge on any atom is -0.462 e. The molecule has 0 aromatic heterocycles. The third kappa shape index (κ3) is 3.52. The zero-order chi connectivity index (χ0) is 17.0. The highest BCUT2D eigenvalue weighted by Crippen LogP contribution is 2.31. The molecule has 120 valence electrons. The molecule has 0 aliphatic heterocycles. The number of carbonyl (C=O) groups is 2. The number of nitrogens with two attached hydrogens (primary N) is 2. The highest BCUT2D eigenvalue weighted by molar-refractivity contribution is 6.30. The minimum atomic E-state index is -1.81. The molecule has 0 bridgehead atoms. The smallest absolute Gasteiger partial charge is 0.277 e. The highest BCUT2D eigenvalue weighted by atomic mass is 35.5. The predicted octanol–water partition coefficient (Wildman–Crippen LogP) is 2.48. The van der Waals surface area contributed by atoms with Gasteiger partial charge in [-0.15, -0.1) is 0 Å². The van der Waals surface area contributed by atoms with E-state index >= 15 is 0 Å². The topological polar surface area (TPSA) is 95.4 Å². The predicted molar refractivity (Wildman–Crippen MR) is 88.4 cm³/mol. The zero-order valence-corrected chi connectivity index (χ0v) is 13.3. The summed E-state index contributed by atoms with van der Waals surface area (Å²) in [5.41, 5.74) is 10.8. The van der Waals surface area contributed by atoms with Crippen LogP contribution in [0.1, 0.15) is 28.8 Å². The first-order valence-corrected chi connectivity index (χ1v) is 7.33. The number of rotatable bonds is 6. The van der Waals surface area contributed by atoms with E-state index in [4.69, 9.17) is 27.8 Å². The van der Waals surface area contributed by atoms with Gasteiger partial charge in [0.1, 0.15) is 5.75 Å². The maximum absolute atomic E-state index is 12.0. The van der Waals surface area contributed by atoms with Crippen molar-refractivity contribution in [1.82, 2.24) is 0 Å². The normalized spacial score (nSPS) is 14.6. The Labute approximate surface area is 139 Å². The Morgan fingerprint density at radius 2 is 1.91 bits per heavy atom. The Morgan fingerprint density at radius 1 is 1.26 bits per heavy atom. The average Bonchev–Trinajstić information content (AvgIpc) is 2.56. The Morgan fingerprint density at radius 3 is 2.48 bits per heavy atom. The maximum Gasteiger partial charge on any atom is 0.277 e. The Kier molecular flexibility index (Phi) is 5.03. The van der Waals surface area contributed by atoms with Crippen molar-refractivity contribution in [3.63, 3.8) is 0 Å². The third-order valence-electron chi connectivity index (χ3n) is 3.71. The van der Waals surface area contributed by atoms with E-state index in [-0.39, 0.29) is 11.3 Å². The molecule has 0 heterocycles. The molecular weight excluding hydrogens is 316 g/mol. The van der Waals surface area contributed by atoms with E-state index in [1.807, 2.05) is 30.3 Å². The van der Waals surface area contributed by atoms with Gasteiger partial charge in [-0.2, -0.15) is 0 Å². The van der Waals surface area contributed by atoms with Crippen LogP contribution < -0.4 is 16.2 Å². The Hall–Kier alpha value is -2.37. The fourth-order valence-electron chi connectivity index (χ4n) is 2.23. The van der Waals surface area contributed by atoms with Crippen LogP contribution in [0.15, 0.2) is 48.5 Å². The molecule has 6 heteroatoms. The molecule has 0 fully saturated rings. The van der Waals surface area contributed by atoms with E-state index < -0.39 is 17.6 Å². The van der Waals surface area contributed by atoms with Crippen LogP contribution in [0.4, 0.5) is 0 Å². The number of amides is 1. The molecule has 5 nitrogen and oxygen atoms in total. The molecule has 2 rings (SSSR count). The fraction of sp³-hybridized carbons (Fsp3) is 0.176. The van der Waals surface area contributed by atoms with Gasteiger partial charge in [-0.1, -0.05) is 48.9 Å². The van der Waals surface area contributed by atoms with Crippen molar-refractivity contribution < 1.29 is 14.3 Å². The van der Waals surface area contributed by atoms with Gasteiger partial charge in [0.2, 0.25) is 5.72 Å². The molecule has 0 saturated heterocycles. The lowest BCUT2D eigenvalue weighted by molar-refractivity contribution is -0.134. The molecule has 2 unspecified atom stereocenters. The van der Waals surface area contributed by atoms with E-state index in [0.717, 1.165) is 5.56 Å². The number of hydrogen-bond donors (Lipinski definition) is 2. The molecule has 0 saturated carbocycles. The molecule has 0 aliphatic carbocycles. The first-order valence-electron chi connectivity index (χ1n) is 6.96. The van der Waals surface area contributed by atoms with E-state index in [1.165, 1.54) is 12.1 Å². The van der Waals surface area contributed by atoms with Crippen LogP contribution in [0.25, 0.3) is 0 Å². The van der Waals surface area contributed by atoms with Gasteiger partial charge >= 0.3 is 0 Å². The summed E-state index contributed by atoms with van der Waals surface area (Å²) in [6.45, 7) is 1.73. The standard InChI is InChI=1S/C17H17ClN2O3/c1-11(12-5-3-2-4-6-12)17(20,16(19)22)23-15-8-7-14(18)9-13(15)10-21/h2-11H,20H2,1H3,(H2,19,22). The van der Waals surface area contributed by atoms with Crippen molar-refractivity contribution in [2.24, 2.45) is 11.5 Å². The molecule has 0 spiro atoms. The number of hydrogen-bond acceptors (Lipinski definition) is 4. The summed E-state index contributed by atoms with van der Waals surface area (Å²) in [5, 5.41) is 0.372. The number of primary amides is 1. The first kappa shape index (κ1) is 17.0. The van der Waals surface area contributed by atoms with E-state index in [2.05, 4.69) is 0 Å². The fourth-order valence-corrected chi connectivity index (χ4v) is 2.41. The van der Waals surface area contributed by atoms with Crippen molar-refractivity contribution in [3.05, 3.63) is 64.7 Å². The lowest BCUT2D eigenvalue weighted by Crippen LogP contribution is -2.60. The lowest BCUT2D eigenvalue weighted by Gasteiger charge is -2.33. The highest BCUT2D eigenvalue weighted by Gasteiger charge is 2.42. The van der Waals surface area contributed by atoms with Gasteiger partial charge in [0.15, 0.2) is 6.29 Å². The second kappa shape index (κ2) is 6.81. The van der Waals surface area contributed by atoms with Crippen molar-refractivity contribution in [2.75, 3.05) is 0 Å². The maximum atomic E-state index is 12.0. The van der Waals surface area contributed by atoms with Gasteiger partial charge < -0.3 is 10.5 Å². The first-order chi connectivity index (χ1) is 10.9. The third-order valence-corrected chi connectivity index (χ3v) is 3.94. The summed E-state index contributed by atoms with van der Waals surface area (Å²) in [6, 6.07) is 13.6. The number of halogens is 1. The molecule has 2 atom stereocenters. The summed E-state index contributed by atoms with van der Waals surface area (Å²) < 4.78 is 5.67. The van der Waals surface area contributed by atoms with E-state index in [9.17, 15) is 9.59 Å². The summed E-state index contributed by atoms with van der Waals surface area (Å²) in [5.74, 6) is -1.22. The Balaban J connectivity index is 2.42. The van der Waals surface area contributed by atoms with E-state index in [1.54, 1.807) is 13.0 Å². The van der Waals surface area contributed by atoms with Gasteiger partial charge in [0.25, 0.3) is 5.91 Å². The van der Waals surface area contributed by atoms with Crippen LogP contribution in [0, 0.1) is 0 Å². The summed E-state index contributed by atoms with van der Waals surface area (Å²) >= 11 is 5.85. The van der Waals surface area contributed by atoms with Crippen molar-refractivity contribution in [1.29, 1.82) is 0 Å².